The molecule has 1 aliphatic heterocycles. The van der Waals surface area contributed by atoms with Crippen LogP contribution in [-0.4, -0.2) is 17.9 Å². The molecule has 1 atom stereocenters. The lowest BCUT2D eigenvalue weighted by molar-refractivity contribution is -0.122. The largest absolute Gasteiger partial charge is 0.372 e. The molecule has 3 N–H and O–H groups in total. The summed E-state index contributed by atoms with van der Waals surface area (Å²) in [5.74, 6) is -0.586. The maximum atomic E-state index is 12.2. The Morgan fingerprint density at radius 1 is 1.09 bits per heavy atom. The second-order valence-electron chi connectivity index (χ2n) is 5.09. The van der Waals surface area contributed by atoms with Crippen LogP contribution in [0.15, 0.2) is 42.5 Å². The molecule has 0 fully saturated rings. The van der Waals surface area contributed by atoms with Gasteiger partial charge in [-0.05, 0) is 24.3 Å². The summed E-state index contributed by atoms with van der Waals surface area (Å²) in [5, 5.41) is 9.12. The van der Waals surface area contributed by atoms with Crippen molar-refractivity contribution >= 4 is 52.1 Å². The molecule has 0 aromatic heterocycles. The maximum absolute atomic E-state index is 12.2. The van der Waals surface area contributed by atoms with Crippen molar-refractivity contribution in [1.82, 2.24) is 0 Å². The third-order valence-electron chi connectivity index (χ3n) is 3.45. The highest BCUT2D eigenvalue weighted by Gasteiger charge is 2.27. The van der Waals surface area contributed by atoms with Crippen molar-refractivity contribution < 1.29 is 9.59 Å². The second kappa shape index (κ2) is 6.48. The molecule has 0 radical (unpaired) electrons. The Kier molecular flexibility index (Phi) is 4.41. The minimum atomic E-state index is -0.650. The molecule has 23 heavy (non-hydrogen) atoms. The maximum Gasteiger partial charge on any atom is 0.247 e. The molecule has 118 valence electrons. The lowest BCUT2D eigenvalue weighted by Crippen LogP contribution is -2.41. The Morgan fingerprint density at radius 2 is 1.83 bits per heavy atom. The summed E-state index contributed by atoms with van der Waals surface area (Å²) in [7, 11) is 0. The van der Waals surface area contributed by atoms with Crippen LogP contribution >= 0.6 is 23.2 Å². The van der Waals surface area contributed by atoms with Crippen LogP contribution < -0.4 is 16.0 Å². The molecule has 1 heterocycles. The number of hydrogen-bond acceptors (Lipinski definition) is 3. The van der Waals surface area contributed by atoms with Gasteiger partial charge in [-0.2, -0.15) is 0 Å². The minimum Gasteiger partial charge on any atom is -0.372 e. The number of amides is 2. The molecule has 0 spiro atoms. The lowest BCUT2D eigenvalue weighted by atomic mass is 10.1. The SMILES string of the molecule is O=C(C[C@@H]1Nc2ccccc2NC1=O)Nc1cccc(Cl)c1Cl. The summed E-state index contributed by atoms with van der Waals surface area (Å²) >= 11 is 11.9. The Bertz CT molecular complexity index is 780. The monoisotopic (exact) mass is 349 g/mol. The fourth-order valence-corrected chi connectivity index (χ4v) is 2.67. The quantitative estimate of drug-likeness (QED) is 0.790. The van der Waals surface area contributed by atoms with Crippen molar-refractivity contribution in [1.29, 1.82) is 0 Å². The average molecular weight is 350 g/mol. The number of anilines is 3. The van der Waals surface area contributed by atoms with E-state index in [0.29, 0.717) is 16.4 Å². The predicted molar refractivity (Wildman–Crippen MR) is 92.2 cm³/mol. The summed E-state index contributed by atoms with van der Waals surface area (Å²) in [6, 6.07) is 11.6. The van der Waals surface area contributed by atoms with Gasteiger partial charge in [0.25, 0.3) is 0 Å². The van der Waals surface area contributed by atoms with Gasteiger partial charge in [-0.1, -0.05) is 41.4 Å². The van der Waals surface area contributed by atoms with Crippen LogP contribution in [0.1, 0.15) is 6.42 Å². The van der Waals surface area contributed by atoms with E-state index in [4.69, 9.17) is 23.2 Å². The van der Waals surface area contributed by atoms with Gasteiger partial charge in [0.15, 0.2) is 0 Å². The molecule has 5 nitrogen and oxygen atoms in total. The third kappa shape index (κ3) is 3.41. The molecule has 7 heteroatoms. The lowest BCUT2D eigenvalue weighted by Gasteiger charge is -2.26. The van der Waals surface area contributed by atoms with Gasteiger partial charge in [0.2, 0.25) is 11.8 Å². The van der Waals surface area contributed by atoms with E-state index >= 15 is 0 Å². The number of hydrogen-bond donors (Lipinski definition) is 3. The number of fused-ring (bicyclic) bond motifs is 1. The van der Waals surface area contributed by atoms with Crippen molar-refractivity contribution in [3.63, 3.8) is 0 Å². The number of carbonyl (C=O) groups is 2. The highest BCUT2D eigenvalue weighted by atomic mass is 35.5. The van der Waals surface area contributed by atoms with Crippen molar-refractivity contribution in [3.05, 3.63) is 52.5 Å². The van der Waals surface area contributed by atoms with Gasteiger partial charge in [0.05, 0.1) is 33.5 Å². The average Bonchev–Trinajstić information content (AvgIpc) is 2.52. The van der Waals surface area contributed by atoms with Gasteiger partial charge >= 0.3 is 0 Å². The summed E-state index contributed by atoms with van der Waals surface area (Å²) in [6.45, 7) is 0. The number of rotatable bonds is 3. The summed E-state index contributed by atoms with van der Waals surface area (Å²) in [5.41, 5.74) is 1.90. The fraction of sp³-hybridized carbons (Fsp3) is 0.125. The van der Waals surface area contributed by atoms with Crippen LogP contribution in [0.4, 0.5) is 17.1 Å². The van der Waals surface area contributed by atoms with Gasteiger partial charge < -0.3 is 16.0 Å². The van der Waals surface area contributed by atoms with Crippen LogP contribution in [0.3, 0.4) is 0 Å². The van der Waals surface area contributed by atoms with E-state index in [2.05, 4.69) is 16.0 Å². The second-order valence-corrected chi connectivity index (χ2v) is 5.87. The van der Waals surface area contributed by atoms with Crippen LogP contribution in [0.2, 0.25) is 10.0 Å². The zero-order valence-corrected chi connectivity index (χ0v) is 13.4. The molecular weight excluding hydrogens is 337 g/mol. The van der Waals surface area contributed by atoms with Gasteiger partial charge in [-0.15, -0.1) is 0 Å². The first kappa shape index (κ1) is 15.6. The molecule has 2 aromatic rings. The highest BCUT2D eigenvalue weighted by Crippen LogP contribution is 2.30. The number of halogens is 2. The molecule has 1 aliphatic rings. The van der Waals surface area contributed by atoms with Crippen LogP contribution in [0, 0.1) is 0 Å². The molecule has 2 amide bonds. The smallest absolute Gasteiger partial charge is 0.247 e. The first-order chi connectivity index (χ1) is 11.0. The van der Waals surface area contributed by atoms with Crippen LogP contribution in [-0.2, 0) is 9.59 Å². The molecule has 0 bridgehead atoms. The first-order valence-corrected chi connectivity index (χ1v) is 7.70. The zero-order chi connectivity index (χ0) is 16.4. The summed E-state index contributed by atoms with van der Waals surface area (Å²) in [6.07, 6.45) is -0.0248. The standard InChI is InChI=1S/C16H13Cl2N3O2/c17-9-4-3-7-12(15(9)18)20-14(22)8-13-16(23)21-11-6-2-1-5-10(11)19-13/h1-7,13,19H,8H2,(H,20,22)(H,21,23)/t13-/m0/s1. The van der Waals surface area contributed by atoms with E-state index in [1.807, 2.05) is 18.2 Å². The van der Waals surface area contributed by atoms with E-state index < -0.39 is 6.04 Å². The zero-order valence-electron chi connectivity index (χ0n) is 11.9. The van der Waals surface area contributed by atoms with Gasteiger partial charge in [0.1, 0.15) is 6.04 Å². The predicted octanol–water partition coefficient (Wildman–Crippen LogP) is 3.75. The topological polar surface area (TPSA) is 70.2 Å². The normalized spacial score (nSPS) is 16.1. The molecule has 0 saturated heterocycles. The van der Waals surface area contributed by atoms with Crippen molar-refractivity contribution in [2.45, 2.75) is 12.5 Å². The Labute approximate surface area is 143 Å². The minimum absolute atomic E-state index is 0.0248. The highest BCUT2D eigenvalue weighted by molar-refractivity contribution is 6.44. The molecule has 0 saturated carbocycles. The van der Waals surface area contributed by atoms with Gasteiger partial charge in [-0.25, -0.2) is 0 Å². The molecule has 0 unspecified atom stereocenters. The van der Waals surface area contributed by atoms with Crippen molar-refractivity contribution in [2.24, 2.45) is 0 Å². The summed E-state index contributed by atoms with van der Waals surface area (Å²) < 4.78 is 0. The molecule has 0 aliphatic carbocycles. The Balaban J connectivity index is 1.69. The van der Waals surface area contributed by atoms with Crippen molar-refractivity contribution in [2.75, 3.05) is 16.0 Å². The molecule has 3 rings (SSSR count). The van der Waals surface area contributed by atoms with E-state index in [-0.39, 0.29) is 23.3 Å². The fourth-order valence-electron chi connectivity index (χ4n) is 2.32. The molecule has 2 aromatic carbocycles. The van der Waals surface area contributed by atoms with Gasteiger partial charge in [0, 0.05) is 0 Å². The Morgan fingerprint density at radius 3 is 2.61 bits per heavy atom. The third-order valence-corrected chi connectivity index (χ3v) is 4.27. The number of para-hydroxylation sites is 2. The van der Waals surface area contributed by atoms with E-state index in [0.717, 1.165) is 5.69 Å². The van der Waals surface area contributed by atoms with Gasteiger partial charge in [-0.3, -0.25) is 9.59 Å². The van der Waals surface area contributed by atoms with Crippen molar-refractivity contribution in [3.8, 4) is 0 Å². The van der Waals surface area contributed by atoms with E-state index in [1.165, 1.54) is 0 Å². The Hall–Kier alpha value is -2.24. The number of benzene rings is 2. The van der Waals surface area contributed by atoms with Crippen LogP contribution in [0.25, 0.3) is 0 Å². The summed E-state index contributed by atoms with van der Waals surface area (Å²) in [4.78, 5) is 24.2. The van der Waals surface area contributed by atoms with E-state index in [9.17, 15) is 9.59 Å². The molecular formula is C16H13Cl2N3O2. The first-order valence-electron chi connectivity index (χ1n) is 6.95. The number of carbonyl (C=O) groups excluding carboxylic acids is 2. The van der Waals surface area contributed by atoms with E-state index in [1.54, 1.807) is 24.3 Å². The van der Waals surface area contributed by atoms with Crippen LogP contribution in [0.5, 0.6) is 0 Å². The number of nitrogens with one attached hydrogen (secondary N) is 3.